The normalized spacial score (nSPS) is 14.6. The molecule has 6 rings (SSSR count). The number of furan rings is 1. The number of fused-ring (bicyclic) bond motifs is 1. The third kappa shape index (κ3) is 4.03. The Morgan fingerprint density at radius 2 is 1.50 bits per heavy atom. The molecule has 2 heterocycles. The van der Waals surface area contributed by atoms with Crippen molar-refractivity contribution in [1.29, 1.82) is 0 Å². The first-order valence-corrected chi connectivity index (χ1v) is 12.2. The van der Waals surface area contributed by atoms with Gasteiger partial charge in [0.05, 0.1) is 21.4 Å². The molecule has 1 aliphatic rings. The number of rotatable bonds is 4. The van der Waals surface area contributed by atoms with E-state index in [-0.39, 0.29) is 5.91 Å². The van der Waals surface area contributed by atoms with E-state index in [1.54, 1.807) is 23.1 Å². The maximum absolute atomic E-state index is 13.8. The van der Waals surface area contributed by atoms with Crippen LogP contribution < -0.4 is 4.90 Å². The fourth-order valence-electron chi connectivity index (χ4n) is 4.47. The van der Waals surface area contributed by atoms with Gasteiger partial charge in [-0.1, -0.05) is 89.9 Å². The molecule has 0 saturated heterocycles. The Hall–Kier alpha value is -4.05. The molecule has 0 saturated carbocycles. The van der Waals surface area contributed by atoms with Gasteiger partial charge in [0.1, 0.15) is 11.5 Å². The van der Waals surface area contributed by atoms with Gasteiger partial charge in [0.2, 0.25) is 0 Å². The largest absolute Gasteiger partial charge is 0.457 e. The van der Waals surface area contributed by atoms with Crippen LogP contribution >= 0.6 is 23.2 Å². The Morgan fingerprint density at radius 3 is 2.33 bits per heavy atom. The molecular weight excluding hydrogens is 489 g/mol. The van der Waals surface area contributed by atoms with Crippen molar-refractivity contribution < 1.29 is 9.21 Å². The lowest BCUT2D eigenvalue weighted by Gasteiger charge is -2.22. The zero-order chi connectivity index (χ0) is 24.6. The zero-order valence-corrected chi connectivity index (χ0v) is 20.5. The molecule has 0 N–H and O–H groups in total. The van der Waals surface area contributed by atoms with Crippen molar-refractivity contribution >= 4 is 57.3 Å². The van der Waals surface area contributed by atoms with Gasteiger partial charge in [-0.2, -0.15) is 0 Å². The molecule has 3 nitrogen and oxygen atoms in total. The molecule has 174 valence electrons. The topological polar surface area (TPSA) is 33.5 Å². The Kier molecular flexibility index (Phi) is 5.73. The summed E-state index contributed by atoms with van der Waals surface area (Å²) in [5.41, 5.74) is 3.96. The van der Waals surface area contributed by atoms with Crippen LogP contribution in [0.1, 0.15) is 11.3 Å². The number of benzene rings is 4. The van der Waals surface area contributed by atoms with Gasteiger partial charge in [0, 0.05) is 16.5 Å². The fraction of sp³-hybridized carbons (Fsp3) is 0. The number of hydrogen-bond donors (Lipinski definition) is 0. The monoisotopic (exact) mass is 507 g/mol. The highest BCUT2D eigenvalue weighted by molar-refractivity contribution is 6.42. The molecule has 4 aromatic carbocycles. The average Bonchev–Trinajstić information content (AvgIpc) is 3.51. The van der Waals surface area contributed by atoms with Gasteiger partial charge in [-0.3, -0.25) is 9.69 Å². The number of halogens is 2. The molecule has 5 aromatic rings. The highest BCUT2D eigenvalue weighted by atomic mass is 35.5. The lowest BCUT2D eigenvalue weighted by atomic mass is 10.1. The molecule has 0 bridgehead atoms. The molecule has 1 amide bonds. The van der Waals surface area contributed by atoms with Crippen molar-refractivity contribution in [3.8, 4) is 11.3 Å². The first-order valence-electron chi connectivity index (χ1n) is 11.4. The lowest BCUT2D eigenvalue weighted by Crippen LogP contribution is -2.25. The van der Waals surface area contributed by atoms with Crippen molar-refractivity contribution in [2.24, 2.45) is 0 Å². The van der Waals surface area contributed by atoms with Crippen molar-refractivity contribution in [2.75, 3.05) is 4.90 Å². The molecule has 0 spiro atoms. The third-order valence-electron chi connectivity index (χ3n) is 6.19. The van der Waals surface area contributed by atoms with E-state index >= 15 is 0 Å². The van der Waals surface area contributed by atoms with Crippen LogP contribution in [-0.2, 0) is 4.79 Å². The number of carbonyl (C=O) groups is 1. The minimum atomic E-state index is -0.113. The molecule has 1 aromatic heterocycles. The zero-order valence-electron chi connectivity index (χ0n) is 19.0. The van der Waals surface area contributed by atoms with Crippen molar-refractivity contribution in [3.63, 3.8) is 0 Å². The molecule has 0 unspecified atom stereocenters. The second kappa shape index (κ2) is 9.19. The maximum atomic E-state index is 13.8. The van der Waals surface area contributed by atoms with E-state index in [4.69, 9.17) is 27.6 Å². The standard InChI is InChI=1S/C31H19Cl2NO2/c32-26-15-13-22(18-27(26)33)30-16-14-24(36-30)17-23-19-29(21-8-2-1-3-9-21)34(31(23)35)28-12-6-10-20-7-4-5-11-25(20)28/h1-19H/b23-17-. The van der Waals surface area contributed by atoms with Crippen LogP contribution in [0.25, 0.3) is 33.9 Å². The number of anilines is 1. The van der Waals surface area contributed by atoms with Gasteiger partial charge in [-0.25, -0.2) is 0 Å². The summed E-state index contributed by atoms with van der Waals surface area (Å²) < 4.78 is 6.05. The van der Waals surface area contributed by atoms with Crippen LogP contribution in [0, 0.1) is 0 Å². The molecule has 0 aliphatic carbocycles. The summed E-state index contributed by atoms with van der Waals surface area (Å²) in [5.74, 6) is 1.10. The van der Waals surface area contributed by atoms with Gasteiger partial charge in [-0.05, 0) is 59.5 Å². The Balaban J connectivity index is 1.44. The van der Waals surface area contributed by atoms with Gasteiger partial charge < -0.3 is 4.42 Å². The number of nitrogens with zero attached hydrogens (tertiary/aromatic N) is 1. The number of amides is 1. The number of hydrogen-bond acceptors (Lipinski definition) is 2. The summed E-state index contributed by atoms with van der Waals surface area (Å²) in [4.78, 5) is 15.6. The molecule has 36 heavy (non-hydrogen) atoms. The van der Waals surface area contributed by atoms with E-state index in [0.717, 1.165) is 33.3 Å². The first kappa shape index (κ1) is 22.4. The van der Waals surface area contributed by atoms with Gasteiger partial charge >= 0.3 is 0 Å². The summed E-state index contributed by atoms with van der Waals surface area (Å²) in [5, 5.41) is 3.02. The summed E-state index contributed by atoms with van der Waals surface area (Å²) in [7, 11) is 0. The van der Waals surface area contributed by atoms with Crippen LogP contribution in [-0.4, -0.2) is 5.91 Å². The summed E-state index contributed by atoms with van der Waals surface area (Å²) in [6.07, 6.45) is 3.69. The number of carbonyl (C=O) groups excluding carboxylic acids is 1. The fourth-order valence-corrected chi connectivity index (χ4v) is 4.77. The van der Waals surface area contributed by atoms with Crippen molar-refractivity contribution in [1.82, 2.24) is 0 Å². The molecule has 5 heteroatoms. The van der Waals surface area contributed by atoms with Gasteiger partial charge in [0.15, 0.2) is 0 Å². The Morgan fingerprint density at radius 1 is 0.722 bits per heavy atom. The molecule has 0 atom stereocenters. The lowest BCUT2D eigenvalue weighted by molar-refractivity contribution is -0.113. The van der Waals surface area contributed by atoms with Crippen LogP contribution in [0.15, 0.2) is 119 Å². The predicted molar refractivity (Wildman–Crippen MR) is 148 cm³/mol. The van der Waals surface area contributed by atoms with E-state index in [9.17, 15) is 4.79 Å². The quantitative estimate of drug-likeness (QED) is 0.227. The van der Waals surface area contributed by atoms with Crippen LogP contribution in [0.4, 0.5) is 5.69 Å². The minimum Gasteiger partial charge on any atom is -0.457 e. The predicted octanol–water partition coefficient (Wildman–Crippen LogP) is 8.88. The molecular formula is C31H19Cl2NO2. The first-order chi connectivity index (χ1) is 17.6. The average molecular weight is 508 g/mol. The minimum absolute atomic E-state index is 0.113. The van der Waals surface area contributed by atoms with E-state index in [0.29, 0.717) is 27.1 Å². The van der Waals surface area contributed by atoms with Crippen molar-refractivity contribution in [2.45, 2.75) is 0 Å². The second-order valence-electron chi connectivity index (χ2n) is 8.47. The summed E-state index contributed by atoms with van der Waals surface area (Å²) >= 11 is 12.2. The second-order valence-corrected chi connectivity index (χ2v) is 9.28. The van der Waals surface area contributed by atoms with Crippen LogP contribution in [0.2, 0.25) is 10.0 Å². The molecule has 0 fully saturated rings. The van der Waals surface area contributed by atoms with Gasteiger partial charge in [0.25, 0.3) is 5.91 Å². The van der Waals surface area contributed by atoms with E-state index in [2.05, 4.69) is 12.1 Å². The van der Waals surface area contributed by atoms with E-state index in [1.807, 2.05) is 84.9 Å². The molecule has 0 radical (unpaired) electrons. The highest BCUT2D eigenvalue weighted by Gasteiger charge is 2.31. The maximum Gasteiger partial charge on any atom is 0.263 e. The van der Waals surface area contributed by atoms with Crippen molar-refractivity contribution in [3.05, 3.63) is 136 Å². The van der Waals surface area contributed by atoms with Crippen LogP contribution in [0.3, 0.4) is 0 Å². The third-order valence-corrected chi connectivity index (χ3v) is 6.93. The van der Waals surface area contributed by atoms with Crippen LogP contribution in [0.5, 0.6) is 0 Å². The Bertz CT molecular complexity index is 1680. The summed E-state index contributed by atoms with van der Waals surface area (Å²) in [6.45, 7) is 0. The summed E-state index contributed by atoms with van der Waals surface area (Å²) in [6, 6.07) is 33.1. The molecule has 1 aliphatic heterocycles. The van der Waals surface area contributed by atoms with E-state index < -0.39 is 0 Å². The Labute approximate surface area is 218 Å². The van der Waals surface area contributed by atoms with Gasteiger partial charge in [-0.15, -0.1) is 0 Å². The van der Waals surface area contributed by atoms with E-state index in [1.165, 1.54) is 0 Å². The smallest absolute Gasteiger partial charge is 0.263 e. The SMILES string of the molecule is O=C1/C(=C\c2ccc(-c3ccc(Cl)c(Cl)c3)o2)C=C(c2ccccc2)N1c1cccc2ccccc12. The highest BCUT2D eigenvalue weighted by Crippen LogP contribution is 2.39.